The van der Waals surface area contributed by atoms with Gasteiger partial charge in [0.2, 0.25) is 0 Å². The topological polar surface area (TPSA) is 38.0 Å². The Morgan fingerprint density at radius 2 is 1.81 bits per heavy atom. The van der Waals surface area contributed by atoms with Crippen LogP contribution in [0.3, 0.4) is 0 Å². The summed E-state index contributed by atoms with van der Waals surface area (Å²) < 4.78 is 37.1. The van der Waals surface area contributed by atoms with Gasteiger partial charge in [-0.1, -0.05) is 12.1 Å². The normalized spacial score (nSPS) is 25.2. The number of hydrogen-bond donors (Lipinski definition) is 2. The molecule has 1 aromatic carbocycles. The molecule has 1 aliphatic heterocycles. The maximum absolute atomic E-state index is 12.4. The van der Waals surface area contributed by atoms with Crippen molar-refractivity contribution in [3.63, 3.8) is 0 Å². The molecule has 1 heterocycles. The highest BCUT2D eigenvalue weighted by Gasteiger charge is 2.37. The van der Waals surface area contributed by atoms with E-state index in [0.717, 1.165) is 30.7 Å². The highest BCUT2D eigenvalue weighted by Crippen LogP contribution is 2.33. The van der Waals surface area contributed by atoms with Crippen LogP contribution in [0.25, 0.3) is 0 Å². The SMILES string of the molecule is NCC1(c2ccc(C(F)(F)F)cc2)CCN1. The van der Waals surface area contributed by atoms with E-state index in [0.29, 0.717) is 6.54 Å². The maximum atomic E-state index is 12.4. The second-order valence-corrected chi connectivity index (χ2v) is 4.04. The lowest BCUT2D eigenvalue weighted by molar-refractivity contribution is -0.137. The third-order valence-electron chi connectivity index (χ3n) is 3.13. The van der Waals surface area contributed by atoms with Crippen molar-refractivity contribution in [1.82, 2.24) is 5.32 Å². The molecule has 0 spiro atoms. The summed E-state index contributed by atoms with van der Waals surface area (Å²) in [6, 6.07) is 5.21. The molecule has 1 atom stereocenters. The monoisotopic (exact) mass is 230 g/mol. The summed E-state index contributed by atoms with van der Waals surface area (Å²) in [6.45, 7) is 1.26. The van der Waals surface area contributed by atoms with Crippen LogP contribution in [0.15, 0.2) is 24.3 Å². The number of rotatable bonds is 2. The van der Waals surface area contributed by atoms with Crippen molar-refractivity contribution >= 4 is 0 Å². The highest BCUT2D eigenvalue weighted by atomic mass is 19.4. The maximum Gasteiger partial charge on any atom is 0.416 e. The van der Waals surface area contributed by atoms with Crippen LogP contribution in [0.1, 0.15) is 17.5 Å². The zero-order chi connectivity index (χ0) is 11.8. The molecule has 3 N–H and O–H groups in total. The molecule has 88 valence electrons. The van der Waals surface area contributed by atoms with Crippen LogP contribution < -0.4 is 11.1 Å². The van der Waals surface area contributed by atoms with Crippen LogP contribution in [0, 0.1) is 0 Å². The Morgan fingerprint density at radius 3 is 2.12 bits per heavy atom. The van der Waals surface area contributed by atoms with Crippen molar-refractivity contribution in [2.75, 3.05) is 13.1 Å². The summed E-state index contributed by atoms with van der Waals surface area (Å²) >= 11 is 0. The van der Waals surface area contributed by atoms with Gasteiger partial charge in [0.25, 0.3) is 0 Å². The Labute approximate surface area is 91.6 Å². The predicted octanol–water partition coefficient (Wildman–Crippen LogP) is 1.85. The van der Waals surface area contributed by atoms with E-state index in [-0.39, 0.29) is 5.54 Å². The Hall–Kier alpha value is -1.07. The van der Waals surface area contributed by atoms with Gasteiger partial charge in [-0.2, -0.15) is 13.2 Å². The van der Waals surface area contributed by atoms with Gasteiger partial charge in [-0.15, -0.1) is 0 Å². The smallest absolute Gasteiger partial charge is 0.328 e. The summed E-state index contributed by atoms with van der Waals surface area (Å²) in [6.07, 6.45) is -3.41. The molecule has 1 saturated heterocycles. The molecule has 1 fully saturated rings. The van der Waals surface area contributed by atoms with Crippen LogP contribution in [0.4, 0.5) is 13.2 Å². The molecule has 1 aliphatic rings. The van der Waals surface area contributed by atoms with Crippen LogP contribution in [0.5, 0.6) is 0 Å². The third kappa shape index (κ3) is 1.81. The third-order valence-corrected chi connectivity index (χ3v) is 3.13. The Bertz CT molecular complexity index is 360. The molecular weight excluding hydrogens is 217 g/mol. The standard InChI is InChI=1S/C11H13F3N2/c12-11(13,14)9-3-1-8(2-4-9)10(7-15)5-6-16-10/h1-4,16H,5-7,15H2. The number of alkyl halides is 3. The Morgan fingerprint density at radius 1 is 1.25 bits per heavy atom. The number of nitrogens with one attached hydrogen (secondary N) is 1. The highest BCUT2D eigenvalue weighted by molar-refractivity contribution is 5.32. The fourth-order valence-corrected chi connectivity index (χ4v) is 1.94. The van der Waals surface area contributed by atoms with Crippen LogP contribution in [-0.4, -0.2) is 13.1 Å². The number of benzene rings is 1. The number of nitrogens with two attached hydrogens (primary N) is 1. The van der Waals surface area contributed by atoms with Gasteiger partial charge in [0.1, 0.15) is 0 Å². The first-order valence-electron chi connectivity index (χ1n) is 5.11. The van der Waals surface area contributed by atoms with Crippen molar-refractivity contribution in [1.29, 1.82) is 0 Å². The first-order chi connectivity index (χ1) is 7.48. The van der Waals surface area contributed by atoms with E-state index in [1.807, 2.05) is 0 Å². The molecule has 0 amide bonds. The van der Waals surface area contributed by atoms with Crippen molar-refractivity contribution in [2.24, 2.45) is 5.73 Å². The fourth-order valence-electron chi connectivity index (χ4n) is 1.94. The zero-order valence-electron chi connectivity index (χ0n) is 8.64. The van der Waals surface area contributed by atoms with Gasteiger partial charge in [0.05, 0.1) is 11.1 Å². The van der Waals surface area contributed by atoms with E-state index >= 15 is 0 Å². The van der Waals surface area contributed by atoms with Gasteiger partial charge in [0, 0.05) is 6.54 Å². The minimum Gasteiger partial charge on any atom is -0.328 e. The van der Waals surface area contributed by atoms with Crippen LogP contribution in [0.2, 0.25) is 0 Å². The van der Waals surface area contributed by atoms with Gasteiger partial charge >= 0.3 is 6.18 Å². The van der Waals surface area contributed by atoms with Crippen molar-refractivity contribution in [2.45, 2.75) is 18.1 Å². The van der Waals surface area contributed by atoms with Crippen molar-refractivity contribution in [3.8, 4) is 0 Å². The molecule has 0 aliphatic carbocycles. The quantitative estimate of drug-likeness (QED) is 0.813. The Kier molecular flexibility index (Phi) is 2.67. The molecular formula is C11H13F3N2. The van der Waals surface area contributed by atoms with E-state index in [4.69, 9.17) is 5.73 Å². The summed E-state index contributed by atoms with van der Waals surface area (Å²) in [4.78, 5) is 0. The average Bonchev–Trinajstić information content (AvgIpc) is 2.16. The van der Waals surface area contributed by atoms with E-state index < -0.39 is 11.7 Å². The van der Waals surface area contributed by atoms with E-state index in [9.17, 15) is 13.2 Å². The van der Waals surface area contributed by atoms with E-state index in [2.05, 4.69) is 5.32 Å². The lowest BCUT2D eigenvalue weighted by Crippen LogP contribution is -2.58. The van der Waals surface area contributed by atoms with E-state index in [1.165, 1.54) is 12.1 Å². The van der Waals surface area contributed by atoms with Gasteiger partial charge in [0.15, 0.2) is 0 Å². The Balaban J connectivity index is 2.26. The largest absolute Gasteiger partial charge is 0.416 e. The summed E-state index contributed by atoms with van der Waals surface area (Å²) in [5, 5.41) is 3.18. The summed E-state index contributed by atoms with van der Waals surface area (Å²) in [5.74, 6) is 0. The summed E-state index contributed by atoms with van der Waals surface area (Å²) in [7, 11) is 0. The first kappa shape index (κ1) is 11.4. The fraction of sp³-hybridized carbons (Fsp3) is 0.455. The first-order valence-corrected chi connectivity index (χ1v) is 5.11. The molecule has 16 heavy (non-hydrogen) atoms. The minimum absolute atomic E-state index is 0.315. The van der Waals surface area contributed by atoms with Gasteiger partial charge in [-0.25, -0.2) is 0 Å². The van der Waals surface area contributed by atoms with Gasteiger partial charge in [-0.3, -0.25) is 0 Å². The number of halogens is 3. The molecule has 0 saturated carbocycles. The van der Waals surface area contributed by atoms with Crippen molar-refractivity contribution in [3.05, 3.63) is 35.4 Å². The predicted molar refractivity (Wildman–Crippen MR) is 54.8 cm³/mol. The lowest BCUT2D eigenvalue weighted by atomic mass is 9.80. The van der Waals surface area contributed by atoms with Gasteiger partial charge < -0.3 is 11.1 Å². The molecule has 0 bridgehead atoms. The summed E-state index contributed by atoms with van der Waals surface area (Å²) in [5.41, 5.74) is 5.53. The molecule has 0 aromatic heterocycles. The van der Waals surface area contributed by atoms with Crippen molar-refractivity contribution < 1.29 is 13.2 Å². The van der Waals surface area contributed by atoms with Crippen LogP contribution >= 0.6 is 0 Å². The molecule has 1 aromatic rings. The average molecular weight is 230 g/mol. The molecule has 1 unspecified atom stereocenters. The zero-order valence-corrected chi connectivity index (χ0v) is 8.64. The second kappa shape index (κ2) is 3.75. The van der Waals surface area contributed by atoms with Crippen LogP contribution in [-0.2, 0) is 11.7 Å². The van der Waals surface area contributed by atoms with E-state index in [1.54, 1.807) is 0 Å². The van der Waals surface area contributed by atoms with Gasteiger partial charge in [-0.05, 0) is 30.7 Å². The molecule has 2 nitrogen and oxygen atoms in total. The number of hydrogen-bond acceptors (Lipinski definition) is 2. The lowest BCUT2D eigenvalue weighted by Gasteiger charge is -2.43. The molecule has 2 rings (SSSR count). The molecule has 0 radical (unpaired) electrons. The molecule has 5 heteroatoms. The minimum atomic E-state index is -4.28. The second-order valence-electron chi connectivity index (χ2n) is 4.04.